The normalized spacial score (nSPS) is 10.3. The highest BCUT2D eigenvalue weighted by Gasteiger charge is 2.10. The quantitative estimate of drug-likeness (QED) is 0.877. The molecule has 0 spiro atoms. The number of amides is 1. The van der Waals surface area contributed by atoms with Gasteiger partial charge in [0.2, 0.25) is 0 Å². The lowest BCUT2D eigenvalue weighted by atomic mass is 10.1. The van der Waals surface area contributed by atoms with Gasteiger partial charge in [-0.3, -0.25) is 4.79 Å². The molecular formula is C13H16N4O2. The molecule has 1 amide bonds. The minimum atomic E-state index is -0.269. The van der Waals surface area contributed by atoms with Crippen LogP contribution in [0.1, 0.15) is 16.7 Å². The molecule has 0 radical (unpaired) electrons. The Kier molecular flexibility index (Phi) is 3.79. The van der Waals surface area contributed by atoms with Gasteiger partial charge in [-0.25, -0.2) is 0 Å². The van der Waals surface area contributed by atoms with Crippen LogP contribution in [-0.2, 0) is 4.79 Å². The van der Waals surface area contributed by atoms with Crippen LogP contribution in [0.15, 0.2) is 18.3 Å². The maximum atomic E-state index is 11.7. The van der Waals surface area contributed by atoms with Crippen LogP contribution >= 0.6 is 0 Å². The summed E-state index contributed by atoms with van der Waals surface area (Å²) >= 11 is 0. The fraction of sp³-hybridized carbons (Fsp3) is 0.308. The summed E-state index contributed by atoms with van der Waals surface area (Å²) in [6.07, 6.45) is 1.43. The summed E-state index contributed by atoms with van der Waals surface area (Å²) in [4.78, 5) is 11.7. The zero-order valence-electron chi connectivity index (χ0n) is 11.2. The molecule has 100 valence electrons. The van der Waals surface area contributed by atoms with Crippen LogP contribution in [0.3, 0.4) is 0 Å². The third-order valence-electron chi connectivity index (χ3n) is 2.90. The van der Waals surface area contributed by atoms with Crippen LogP contribution in [0.2, 0.25) is 0 Å². The molecule has 0 aliphatic heterocycles. The van der Waals surface area contributed by atoms with E-state index in [1.165, 1.54) is 6.20 Å². The molecule has 2 aromatic rings. The molecule has 0 atom stereocenters. The summed E-state index contributed by atoms with van der Waals surface area (Å²) in [5.41, 5.74) is 3.20. The SMILES string of the molecule is Cc1ccc(C)c(OCC(=O)Nc2cn[nH]n2)c1C. The van der Waals surface area contributed by atoms with Crippen LogP contribution < -0.4 is 10.1 Å². The number of H-pyrrole nitrogens is 1. The first-order chi connectivity index (χ1) is 9.08. The predicted molar refractivity (Wildman–Crippen MR) is 71.2 cm³/mol. The number of anilines is 1. The van der Waals surface area contributed by atoms with Crippen LogP contribution in [0.4, 0.5) is 5.82 Å². The number of aromatic amines is 1. The molecule has 0 bridgehead atoms. The van der Waals surface area contributed by atoms with Crippen LogP contribution in [0.5, 0.6) is 5.75 Å². The number of aromatic nitrogens is 3. The molecule has 2 rings (SSSR count). The van der Waals surface area contributed by atoms with Crippen LogP contribution in [0.25, 0.3) is 0 Å². The molecule has 1 heterocycles. The molecule has 19 heavy (non-hydrogen) atoms. The number of carbonyl (C=O) groups is 1. The Balaban J connectivity index is 1.99. The maximum Gasteiger partial charge on any atom is 0.263 e. The fourth-order valence-electron chi connectivity index (χ4n) is 1.73. The molecular weight excluding hydrogens is 244 g/mol. The number of hydrogen-bond acceptors (Lipinski definition) is 4. The van der Waals surface area contributed by atoms with E-state index < -0.39 is 0 Å². The first kappa shape index (κ1) is 13.1. The lowest BCUT2D eigenvalue weighted by molar-refractivity contribution is -0.118. The zero-order chi connectivity index (χ0) is 13.8. The molecule has 2 N–H and O–H groups in total. The Labute approximate surface area is 111 Å². The highest BCUT2D eigenvalue weighted by Crippen LogP contribution is 2.25. The van der Waals surface area contributed by atoms with Crippen molar-refractivity contribution in [1.82, 2.24) is 15.4 Å². The third kappa shape index (κ3) is 3.09. The van der Waals surface area contributed by atoms with E-state index in [0.29, 0.717) is 5.82 Å². The second-order valence-corrected chi connectivity index (χ2v) is 4.35. The molecule has 6 heteroatoms. The van der Waals surface area contributed by atoms with E-state index in [1.54, 1.807) is 0 Å². The number of benzene rings is 1. The molecule has 0 aliphatic carbocycles. The fourth-order valence-corrected chi connectivity index (χ4v) is 1.73. The van der Waals surface area contributed by atoms with Crippen LogP contribution in [-0.4, -0.2) is 27.9 Å². The van der Waals surface area contributed by atoms with Crippen molar-refractivity contribution in [2.75, 3.05) is 11.9 Å². The van der Waals surface area contributed by atoms with Gasteiger partial charge in [0, 0.05) is 0 Å². The van der Waals surface area contributed by atoms with Gasteiger partial charge >= 0.3 is 0 Å². The molecule has 0 saturated heterocycles. The second kappa shape index (κ2) is 5.51. The lowest BCUT2D eigenvalue weighted by Crippen LogP contribution is -2.21. The minimum absolute atomic E-state index is 0.0575. The van der Waals surface area contributed by atoms with E-state index in [9.17, 15) is 4.79 Å². The summed E-state index contributed by atoms with van der Waals surface area (Å²) in [5.74, 6) is 0.871. The van der Waals surface area contributed by atoms with E-state index in [0.717, 1.165) is 22.4 Å². The predicted octanol–water partition coefficient (Wildman–Crippen LogP) is 1.75. The molecule has 0 aliphatic rings. The first-order valence-corrected chi connectivity index (χ1v) is 5.93. The molecule has 1 aromatic heterocycles. The Morgan fingerprint density at radius 3 is 2.74 bits per heavy atom. The monoisotopic (exact) mass is 260 g/mol. The van der Waals surface area contributed by atoms with Gasteiger partial charge < -0.3 is 10.1 Å². The van der Waals surface area contributed by atoms with Crippen LogP contribution in [0, 0.1) is 20.8 Å². The standard InChI is InChI=1S/C13H16N4O2/c1-8-4-5-9(2)13(10(8)3)19-7-12(18)15-11-6-14-17-16-11/h4-6H,7H2,1-3H3,(H2,14,15,16,17,18). The molecule has 0 unspecified atom stereocenters. The highest BCUT2D eigenvalue weighted by atomic mass is 16.5. The number of ether oxygens (including phenoxy) is 1. The van der Waals surface area contributed by atoms with E-state index in [1.807, 2.05) is 32.9 Å². The number of nitrogens with one attached hydrogen (secondary N) is 2. The summed E-state index contributed by atoms with van der Waals surface area (Å²) in [5, 5.41) is 12.3. The summed E-state index contributed by atoms with van der Waals surface area (Å²) in [6, 6.07) is 4.01. The van der Waals surface area contributed by atoms with Crippen molar-refractivity contribution in [1.29, 1.82) is 0 Å². The van der Waals surface area contributed by atoms with Gasteiger partial charge in [-0.1, -0.05) is 12.1 Å². The third-order valence-corrected chi connectivity index (χ3v) is 2.90. The van der Waals surface area contributed by atoms with Crippen molar-refractivity contribution < 1.29 is 9.53 Å². The average Bonchev–Trinajstić information content (AvgIpc) is 2.87. The number of rotatable bonds is 4. The van der Waals surface area contributed by atoms with Gasteiger partial charge in [0.05, 0.1) is 6.20 Å². The summed E-state index contributed by atoms with van der Waals surface area (Å²) < 4.78 is 5.59. The van der Waals surface area contributed by atoms with Gasteiger partial charge in [0.25, 0.3) is 5.91 Å². The highest BCUT2D eigenvalue weighted by molar-refractivity contribution is 5.90. The Morgan fingerprint density at radius 1 is 1.32 bits per heavy atom. The number of aryl methyl sites for hydroxylation is 2. The van der Waals surface area contributed by atoms with E-state index >= 15 is 0 Å². The Bertz CT molecular complexity index is 579. The second-order valence-electron chi connectivity index (χ2n) is 4.35. The van der Waals surface area contributed by atoms with E-state index in [2.05, 4.69) is 20.7 Å². The van der Waals surface area contributed by atoms with E-state index in [-0.39, 0.29) is 12.5 Å². The smallest absolute Gasteiger partial charge is 0.263 e. The number of carbonyl (C=O) groups excluding carboxylic acids is 1. The lowest BCUT2D eigenvalue weighted by Gasteiger charge is -2.13. The first-order valence-electron chi connectivity index (χ1n) is 5.93. The van der Waals surface area contributed by atoms with Crippen molar-refractivity contribution in [3.05, 3.63) is 35.0 Å². The van der Waals surface area contributed by atoms with E-state index in [4.69, 9.17) is 4.74 Å². The minimum Gasteiger partial charge on any atom is -0.483 e. The van der Waals surface area contributed by atoms with Gasteiger partial charge in [-0.15, -0.1) is 5.10 Å². The largest absolute Gasteiger partial charge is 0.483 e. The molecule has 6 nitrogen and oxygen atoms in total. The Hall–Kier alpha value is -2.37. The Morgan fingerprint density at radius 2 is 2.05 bits per heavy atom. The zero-order valence-corrected chi connectivity index (χ0v) is 11.2. The van der Waals surface area contributed by atoms with Gasteiger partial charge in [0.15, 0.2) is 12.4 Å². The number of hydrogen-bond donors (Lipinski definition) is 2. The summed E-state index contributed by atoms with van der Waals surface area (Å²) in [6.45, 7) is 5.89. The van der Waals surface area contributed by atoms with Gasteiger partial charge in [-0.2, -0.15) is 10.3 Å². The van der Waals surface area contributed by atoms with Crippen molar-refractivity contribution >= 4 is 11.7 Å². The van der Waals surface area contributed by atoms with Crippen molar-refractivity contribution in [3.8, 4) is 5.75 Å². The number of nitrogens with zero attached hydrogens (tertiary/aromatic N) is 2. The molecule has 0 saturated carbocycles. The van der Waals surface area contributed by atoms with Crippen molar-refractivity contribution in [2.24, 2.45) is 0 Å². The van der Waals surface area contributed by atoms with Gasteiger partial charge in [0.1, 0.15) is 5.75 Å². The molecule has 0 fully saturated rings. The van der Waals surface area contributed by atoms with Gasteiger partial charge in [-0.05, 0) is 37.5 Å². The maximum absolute atomic E-state index is 11.7. The topological polar surface area (TPSA) is 79.9 Å². The summed E-state index contributed by atoms with van der Waals surface area (Å²) in [7, 11) is 0. The molecule has 1 aromatic carbocycles. The van der Waals surface area contributed by atoms with Crippen molar-refractivity contribution in [2.45, 2.75) is 20.8 Å². The van der Waals surface area contributed by atoms with Crippen molar-refractivity contribution in [3.63, 3.8) is 0 Å². The average molecular weight is 260 g/mol.